The SMILES string of the molecule is CCNN[C@@H](C)N. The van der Waals surface area contributed by atoms with E-state index < -0.39 is 0 Å². The summed E-state index contributed by atoms with van der Waals surface area (Å²) in [6.07, 6.45) is 0.0416. The van der Waals surface area contributed by atoms with E-state index in [2.05, 4.69) is 10.9 Å². The summed E-state index contributed by atoms with van der Waals surface area (Å²) in [4.78, 5) is 0. The van der Waals surface area contributed by atoms with E-state index in [-0.39, 0.29) is 6.17 Å². The lowest BCUT2D eigenvalue weighted by Gasteiger charge is -2.05. The molecule has 0 aliphatic carbocycles. The maximum atomic E-state index is 5.30. The molecular formula is C4H13N3. The summed E-state index contributed by atoms with van der Waals surface area (Å²) in [5.74, 6) is 0. The van der Waals surface area contributed by atoms with E-state index in [1.54, 1.807) is 0 Å². The zero-order chi connectivity index (χ0) is 5.70. The molecule has 0 saturated heterocycles. The Morgan fingerprint density at radius 3 is 2.43 bits per heavy atom. The molecule has 0 aromatic heterocycles. The molecule has 0 saturated carbocycles. The standard InChI is InChI=1S/C4H13N3/c1-3-6-7-4(2)5/h4,6-7H,3,5H2,1-2H3/t4-/m0/s1. The smallest absolute Gasteiger partial charge is 0.0650 e. The molecule has 0 rings (SSSR count). The zero-order valence-electron chi connectivity index (χ0n) is 4.86. The fourth-order valence-electron chi connectivity index (χ4n) is 0.263. The second kappa shape index (κ2) is 4.05. The molecule has 0 radical (unpaired) electrons. The second-order valence-electron chi connectivity index (χ2n) is 1.46. The van der Waals surface area contributed by atoms with Crippen LogP contribution in [0.5, 0.6) is 0 Å². The van der Waals surface area contributed by atoms with Gasteiger partial charge in [0, 0.05) is 6.54 Å². The fourth-order valence-corrected chi connectivity index (χ4v) is 0.263. The van der Waals surface area contributed by atoms with E-state index in [4.69, 9.17) is 5.73 Å². The summed E-state index contributed by atoms with van der Waals surface area (Å²) in [6, 6.07) is 0. The van der Waals surface area contributed by atoms with Crippen LogP contribution in [0.4, 0.5) is 0 Å². The van der Waals surface area contributed by atoms with Crippen LogP contribution in [-0.2, 0) is 0 Å². The minimum atomic E-state index is 0.0416. The monoisotopic (exact) mass is 103 g/mol. The Morgan fingerprint density at radius 1 is 1.71 bits per heavy atom. The Morgan fingerprint density at radius 2 is 2.29 bits per heavy atom. The van der Waals surface area contributed by atoms with Gasteiger partial charge in [0.05, 0.1) is 6.17 Å². The molecule has 0 heterocycles. The van der Waals surface area contributed by atoms with Crippen LogP contribution in [0.1, 0.15) is 13.8 Å². The highest BCUT2D eigenvalue weighted by Crippen LogP contribution is 1.56. The highest BCUT2D eigenvalue weighted by Gasteiger charge is 1.83. The van der Waals surface area contributed by atoms with Gasteiger partial charge in [-0.2, -0.15) is 0 Å². The van der Waals surface area contributed by atoms with Gasteiger partial charge in [-0.15, -0.1) is 0 Å². The molecular weight excluding hydrogens is 90.1 g/mol. The minimum absolute atomic E-state index is 0.0416. The average Bonchev–Trinajstić information content (AvgIpc) is 1.61. The van der Waals surface area contributed by atoms with Gasteiger partial charge >= 0.3 is 0 Å². The van der Waals surface area contributed by atoms with Crippen LogP contribution < -0.4 is 16.6 Å². The molecule has 0 fully saturated rings. The van der Waals surface area contributed by atoms with Gasteiger partial charge in [-0.05, 0) is 6.92 Å². The van der Waals surface area contributed by atoms with E-state index >= 15 is 0 Å². The van der Waals surface area contributed by atoms with Crippen LogP contribution in [0.15, 0.2) is 0 Å². The van der Waals surface area contributed by atoms with Crippen molar-refractivity contribution in [2.75, 3.05) is 6.54 Å². The van der Waals surface area contributed by atoms with Crippen molar-refractivity contribution >= 4 is 0 Å². The van der Waals surface area contributed by atoms with Crippen LogP contribution in [0.3, 0.4) is 0 Å². The van der Waals surface area contributed by atoms with Crippen molar-refractivity contribution in [2.24, 2.45) is 5.73 Å². The molecule has 44 valence electrons. The van der Waals surface area contributed by atoms with E-state index in [9.17, 15) is 0 Å². The maximum Gasteiger partial charge on any atom is 0.0650 e. The van der Waals surface area contributed by atoms with E-state index in [0.29, 0.717) is 0 Å². The Labute approximate surface area is 44.2 Å². The van der Waals surface area contributed by atoms with Crippen LogP contribution in [0, 0.1) is 0 Å². The predicted molar refractivity (Wildman–Crippen MR) is 30.5 cm³/mol. The molecule has 4 N–H and O–H groups in total. The normalized spacial score (nSPS) is 14.1. The van der Waals surface area contributed by atoms with Gasteiger partial charge in [0.2, 0.25) is 0 Å². The minimum Gasteiger partial charge on any atom is -0.315 e. The topological polar surface area (TPSA) is 50.1 Å². The summed E-state index contributed by atoms with van der Waals surface area (Å²) in [5, 5.41) is 0. The van der Waals surface area contributed by atoms with E-state index in [0.717, 1.165) is 6.54 Å². The molecule has 0 bridgehead atoms. The van der Waals surface area contributed by atoms with Gasteiger partial charge in [-0.3, -0.25) is 5.43 Å². The molecule has 0 aliphatic heterocycles. The summed E-state index contributed by atoms with van der Waals surface area (Å²) in [5.41, 5.74) is 11.0. The molecule has 0 unspecified atom stereocenters. The largest absolute Gasteiger partial charge is 0.315 e. The highest BCUT2D eigenvalue weighted by atomic mass is 15.4. The van der Waals surface area contributed by atoms with Crippen LogP contribution in [0.2, 0.25) is 0 Å². The highest BCUT2D eigenvalue weighted by molar-refractivity contribution is 4.40. The van der Waals surface area contributed by atoms with Crippen LogP contribution in [-0.4, -0.2) is 12.7 Å². The third kappa shape index (κ3) is 5.88. The fraction of sp³-hybridized carbons (Fsp3) is 1.00. The van der Waals surface area contributed by atoms with E-state index in [1.165, 1.54) is 0 Å². The lowest BCUT2D eigenvalue weighted by atomic mass is 10.6. The average molecular weight is 103 g/mol. The van der Waals surface area contributed by atoms with Crippen molar-refractivity contribution < 1.29 is 0 Å². The second-order valence-corrected chi connectivity index (χ2v) is 1.46. The zero-order valence-corrected chi connectivity index (χ0v) is 4.86. The quantitative estimate of drug-likeness (QED) is 0.330. The molecule has 0 aromatic rings. The van der Waals surface area contributed by atoms with Gasteiger partial charge in [-0.1, -0.05) is 6.92 Å². The van der Waals surface area contributed by atoms with Crippen LogP contribution >= 0.6 is 0 Å². The van der Waals surface area contributed by atoms with Gasteiger partial charge in [0.25, 0.3) is 0 Å². The van der Waals surface area contributed by atoms with E-state index in [1.807, 2.05) is 13.8 Å². The number of hydrazine groups is 1. The molecule has 3 nitrogen and oxygen atoms in total. The maximum absolute atomic E-state index is 5.30. The van der Waals surface area contributed by atoms with Crippen molar-refractivity contribution in [2.45, 2.75) is 20.0 Å². The van der Waals surface area contributed by atoms with Gasteiger partial charge < -0.3 is 5.73 Å². The van der Waals surface area contributed by atoms with Crippen molar-refractivity contribution in [3.63, 3.8) is 0 Å². The molecule has 3 heteroatoms. The molecule has 0 aliphatic rings. The lowest BCUT2D eigenvalue weighted by Crippen LogP contribution is -2.43. The first kappa shape index (κ1) is 6.88. The molecule has 7 heavy (non-hydrogen) atoms. The third-order valence-electron chi connectivity index (χ3n) is 0.507. The molecule has 1 atom stereocenters. The van der Waals surface area contributed by atoms with Gasteiger partial charge in [0.1, 0.15) is 0 Å². The molecule has 0 aromatic carbocycles. The Kier molecular flexibility index (Phi) is 3.98. The Bertz CT molecular complexity index is 35.9. The first-order chi connectivity index (χ1) is 3.27. The number of rotatable bonds is 3. The molecule has 0 spiro atoms. The number of nitrogens with one attached hydrogen (secondary N) is 2. The number of hydrogen-bond acceptors (Lipinski definition) is 3. The summed E-state index contributed by atoms with van der Waals surface area (Å²) < 4.78 is 0. The Balaban J connectivity index is 2.68. The first-order valence-corrected chi connectivity index (χ1v) is 2.51. The third-order valence-corrected chi connectivity index (χ3v) is 0.507. The first-order valence-electron chi connectivity index (χ1n) is 2.51. The summed E-state index contributed by atoms with van der Waals surface area (Å²) in [6.45, 7) is 4.79. The van der Waals surface area contributed by atoms with Crippen molar-refractivity contribution in [3.05, 3.63) is 0 Å². The van der Waals surface area contributed by atoms with Gasteiger partial charge in [-0.25, -0.2) is 5.43 Å². The van der Waals surface area contributed by atoms with Crippen molar-refractivity contribution in [1.82, 2.24) is 10.9 Å². The predicted octanol–water partition coefficient (Wildman–Crippen LogP) is -0.595. The summed E-state index contributed by atoms with van der Waals surface area (Å²) >= 11 is 0. The number of nitrogens with two attached hydrogens (primary N) is 1. The van der Waals surface area contributed by atoms with Crippen LogP contribution in [0.25, 0.3) is 0 Å². The Hall–Kier alpha value is -0.120. The lowest BCUT2D eigenvalue weighted by molar-refractivity contribution is 0.472. The molecule has 0 amide bonds. The van der Waals surface area contributed by atoms with Crippen molar-refractivity contribution in [1.29, 1.82) is 0 Å². The number of hydrogen-bond donors (Lipinski definition) is 3. The summed E-state index contributed by atoms with van der Waals surface area (Å²) in [7, 11) is 0. The van der Waals surface area contributed by atoms with Gasteiger partial charge in [0.15, 0.2) is 0 Å². The van der Waals surface area contributed by atoms with Crippen molar-refractivity contribution in [3.8, 4) is 0 Å².